The Morgan fingerprint density at radius 1 is 1.12 bits per heavy atom. The Morgan fingerprint density at radius 2 is 1.85 bits per heavy atom. The fraction of sp³-hybridized carbons (Fsp3) is 0.381. The van der Waals surface area contributed by atoms with Crippen molar-refractivity contribution in [3.63, 3.8) is 0 Å². The van der Waals surface area contributed by atoms with Crippen molar-refractivity contribution in [2.24, 2.45) is 5.92 Å². The lowest BCUT2D eigenvalue weighted by Crippen LogP contribution is -2.14. The van der Waals surface area contributed by atoms with Gasteiger partial charge < -0.3 is 4.74 Å². The Balaban J connectivity index is 1.72. The van der Waals surface area contributed by atoms with Crippen molar-refractivity contribution in [1.29, 1.82) is 0 Å². The highest BCUT2D eigenvalue weighted by atomic mass is 35.5. The molecule has 2 aromatic carbocycles. The van der Waals surface area contributed by atoms with Gasteiger partial charge in [-0.15, -0.1) is 0 Å². The van der Waals surface area contributed by atoms with Gasteiger partial charge in [0.25, 0.3) is 0 Å². The topological polar surface area (TPSA) is 26.3 Å². The van der Waals surface area contributed by atoms with E-state index in [4.69, 9.17) is 27.9 Å². The molecule has 2 aromatic rings. The van der Waals surface area contributed by atoms with E-state index in [2.05, 4.69) is 6.92 Å². The molecule has 0 heterocycles. The highest BCUT2D eigenvalue weighted by molar-refractivity contribution is 6.35. The Morgan fingerprint density at radius 3 is 2.46 bits per heavy atom. The Bertz CT molecular complexity index is 799. The van der Waals surface area contributed by atoms with E-state index in [0.29, 0.717) is 10.9 Å². The summed E-state index contributed by atoms with van der Waals surface area (Å²) < 4.78 is 19.7. The molecule has 3 rings (SSSR count). The number of esters is 1. The Labute approximate surface area is 163 Å². The predicted molar refractivity (Wildman–Crippen MR) is 103 cm³/mol. The minimum absolute atomic E-state index is 0.0954. The average Bonchev–Trinajstić information content (AvgIpc) is 2.64. The minimum Gasteiger partial charge on any atom is -0.421 e. The molecular formula is C21H21Cl2FO2. The van der Waals surface area contributed by atoms with E-state index in [-0.39, 0.29) is 16.3 Å². The van der Waals surface area contributed by atoms with Crippen molar-refractivity contribution < 1.29 is 13.9 Å². The molecule has 1 aliphatic carbocycles. The summed E-state index contributed by atoms with van der Waals surface area (Å²) in [7, 11) is 0. The van der Waals surface area contributed by atoms with Crippen molar-refractivity contribution in [3.05, 3.63) is 63.4 Å². The van der Waals surface area contributed by atoms with Crippen LogP contribution in [-0.4, -0.2) is 5.97 Å². The summed E-state index contributed by atoms with van der Waals surface area (Å²) in [5, 5.41) is 0.638. The zero-order valence-corrected chi connectivity index (χ0v) is 16.1. The summed E-state index contributed by atoms with van der Waals surface area (Å²) in [5.41, 5.74) is 0.861. The van der Waals surface area contributed by atoms with Crippen LogP contribution in [0.2, 0.25) is 10.0 Å². The number of carbonyl (C=O) groups excluding carboxylic acids is 1. The molecule has 0 N–H and O–H groups in total. The number of halogens is 3. The van der Waals surface area contributed by atoms with Gasteiger partial charge in [0, 0.05) is 5.02 Å². The van der Waals surface area contributed by atoms with Crippen LogP contribution in [0, 0.1) is 11.7 Å². The van der Waals surface area contributed by atoms with Gasteiger partial charge in [0.1, 0.15) is 11.6 Å². The van der Waals surface area contributed by atoms with Gasteiger partial charge in [-0.3, -0.25) is 0 Å². The van der Waals surface area contributed by atoms with Gasteiger partial charge in [0.15, 0.2) is 0 Å². The maximum atomic E-state index is 14.5. The molecule has 5 heteroatoms. The molecule has 0 amide bonds. The number of carbonyl (C=O) groups is 1. The molecule has 0 aliphatic heterocycles. The Kier molecular flexibility index (Phi) is 6.20. The first-order valence-electron chi connectivity index (χ1n) is 8.94. The van der Waals surface area contributed by atoms with Gasteiger partial charge in [0.2, 0.25) is 0 Å². The SMILES string of the molecule is CC[C@H]1CC[C@H](c2ccc(C(=O)Oc3ccc(Cl)cc3Cl)c(F)c2)CC1. The maximum Gasteiger partial charge on any atom is 0.346 e. The van der Waals surface area contributed by atoms with Gasteiger partial charge in [0.05, 0.1) is 10.6 Å². The number of hydrogen-bond donors (Lipinski definition) is 0. The van der Waals surface area contributed by atoms with Crippen LogP contribution in [0.15, 0.2) is 36.4 Å². The van der Waals surface area contributed by atoms with Gasteiger partial charge in [-0.25, -0.2) is 9.18 Å². The number of benzene rings is 2. The third kappa shape index (κ3) is 4.39. The first kappa shape index (κ1) is 19.2. The fourth-order valence-corrected chi connectivity index (χ4v) is 4.01. The maximum absolute atomic E-state index is 14.5. The first-order chi connectivity index (χ1) is 12.5. The van der Waals surface area contributed by atoms with Crippen molar-refractivity contribution in [3.8, 4) is 5.75 Å². The van der Waals surface area contributed by atoms with Crippen LogP contribution in [0.1, 0.15) is 60.9 Å². The summed E-state index contributed by atoms with van der Waals surface area (Å²) in [4.78, 5) is 12.3. The third-order valence-electron chi connectivity index (χ3n) is 5.21. The summed E-state index contributed by atoms with van der Waals surface area (Å²) in [6, 6.07) is 9.32. The molecule has 0 bridgehead atoms. The van der Waals surface area contributed by atoms with Crippen LogP contribution >= 0.6 is 23.2 Å². The van der Waals surface area contributed by atoms with Crippen LogP contribution in [0.3, 0.4) is 0 Å². The van der Waals surface area contributed by atoms with E-state index in [1.807, 2.05) is 6.07 Å². The number of ether oxygens (including phenoxy) is 1. The van der Waals surface area contributed by atoms with E-state index < -0.39 is 11.8 Å². The second kappa shape index (κ2) is 8.41. The summed E-state index contributed by atoms with van der Waals surface area (Å²) >= 11 is 11.8. The lowest BCUT2D eigenvalue weighted by atomic mass is 9.78. The molecule has 2 nitrogen and oxygen atoms in total. The van der Waals surface area contributed by atoms with Crippen molar-refractivity contribution >= 4 is 29.2 Å². The van der Waals surface area contributed by atoms with Crippen LogP contribution in [0.25, 0.3) is 0 Å². The molecule has 1 aliphatic rings. The van der Waals surface area contributed by atoms with Crippen LogP contribution in [0.4, 0.5) is 4.39 Å². The fourth-order valence-electron chi connectivity index (χ4n) is 3.57. The van der Waals surface area contributed by atoms with Crippen molar-refractivity contribution in [2.45, 2.75) is 44.9 Å². The predicted octanol–water partition coefficient (Wildman–Crippen LogP) is 7.04. The second-order valence-corrected chi connectivity index (χ2v) is 7.67. The smallest absolute Gasteiger partial charge is 0.346 e. The minimum atomic E-state index is -0.770. The molecule has 0 spiro atoms. The average molecular weight is 395 g/mol. The van der Waals surface area contributed by atoms with Crippen LogP contribution < -0.4 is 4.74 Å². The molecule has 0 saturated heterocycles. The molecule has 0 unspecified atom stereocenters. The molecule has 0 aromatic heterocycles. The second-order valence-electron chi connectivity index (χ2n) is 6.83. The van der Waals surface area contributed by atoms with E-state index in [0.717, 1.165) is 24.3 Å². The number of hydrogen-bond acceptors (Lipinski definition) is 2. The van der Waals surface area contributed by atoms with E-state index in [1.165, 1.54) is 43.5 Å². The lowest BCUT2D eigenvalue weighted by Gasteiger charge is -2.28. The van der Waals surface area contributed by atoms with Crippen molar-refractivity contribution in [1.82, 2.24) is 0 Å². The first-order valence-corrected chi connectivity index (χ1v) is 9.70. The van der Waals surface area contributed by atoms with Gasteiger partial charge in [-0.1, -0.05) is 42.6 Å². The molecule has 1 fully saturated rings. The van der Waals surface area contributed by atoms with Gasteiger partial charge in [-0.05, 0) is 73.4 Å². The molecular weight excluding hydrogens is 374 g/mol. The standard InChI is InChI=1S/C21H21Cl2FO2/c1-2-13-3-5-14(6-4-13)15-7-9-17(19(24)11-15)21(25)26-20-10-8-16(22)12-18(20)23/h7-14H,2-6H2,1H3/t13-,14-. The summed E-state index contributed by atoms with van der Waals surface area (Å²) in [6.07, 6.45) is 5.71. The summed E-state index contributed by atoms with van der Waals surface area (Å²) in [5.74, 6) is -0.0249. The Hall–Kier alpha value is -1.58. The number of rotatable bonds is 4. The van der Waals surface area contributed by atoms with Crippen LogP contribution in [0.5, 0.6) is 5.75 Å². The quantitative estimate of drug-likeness (QED) is 0.410. The van der Waals surface area contributed by atoms with E-state index in [1.54, 1.807) is 6.07 Å². The van der Waals surface area contributed by atoms with Gasteiger partial charge >= 0.3 is 5.97 Å². The van der Waals surface area contributed by atoms with E-state index >= 15 is 0 Å². The highest BCUT2D eigenvalue weighted by Crippen LogP contribution is 2.37. The molecule has 0 atom stereocenters. The van der Waals surface area contributed by atoms with Gasteiger partial charge in [-0.2, -0.15) is 0 Å². The molecule has 26 heavy (non-hydrogen) atoms. The molecule has 1 saturated carbocycles. The normalized spacial score (nSPS) is 20.0. The monoisotopic (exact) mass is 394 g/mol. The molecule has 0 radical (unpaired) electrons. The zero-order chi connectivity index (χ0) is 18.7. The van der Waals surface area contributed by atoms with Crippen molar-refractivity contribution in [2.75, 3.05) is 0 Å². The summed E-state index contributed by atoms with van der Waals surface area (Å²) in [6.45, 7) is 2.22. The zero-order valence-electron chi connectivity index (χ0n) is 14.6. The largest absolute Gasteiger partial charge is 0.421 e. The molecule has 138 valence electrons. The van der Waals surface area contributed by atoms with E-state index in [9.17, 15) is 9.18 Å². The highest BCUT2D eigenvalue weighted by Gasteiger charge is 2.23. The van der Waals surface area contributed by atoms with Crippen LogP contribution in [-0.2, 0) is 0 Å². The third-order valence-corrected chi connectivity index (χ3v) is 5.74. The lowest BCUT2D eigenvalue weighted by molar-refractivity contribution is 0.0730.